The largest absolute Gasteiger partial charge is 0.481 e. The Morgan fingerprint density at radius 3 is 2.67 bits per heavy atom. The standard InChI is InChI=1S/C16H19FN2O2/c17-14-9-12(10-18)7-8-15(14)21-11-16(20)19-13-5-3-1-2-4-6-13/h7-9,13H,1-6,11H2,(H,19,20). The van der Waals surface area contributed by atoms with Crippen LogP contribution in [0.4, 0.5) is 4.39 Å². The van der Waals surface area contributed by atoms with Gasteiger partial charge in [-0.3, -0.25) is 4.79 Å². The Morgan fingerprint density at radius 1 is 1.33 bits per heavy atom. The third-order valence-electron chi connectivity index (χ3n) is 3.64. The molecule has 1 saturated carbocycles. The molecule has 0 aliphatic heterocycles. The van der Waals surface area contributed by atoms with Gasteiger partial charge in [0.2, 0.25) is 0 Å². The molecule has 1 fully saturated rings. The Morgan fingerprint density at radius 2 is 2.05 bits per heavy atom. The Labute approximate surface area is 123 Å². The van der Waals surface area contributed by atoms with E-state index in [1.807, 2.05) is 6.07 Å². The summed E-state index contributed by atoms with van der Waals surface area (Å²) in [6, 6.07) is 5.97. The zero-order valence-corrected chi connectivity index (χ0v) is 11.9. The Bertz CT molecular complexity index is 532. The summed E-state index contributed by atoms with van der Waals surface area (Å²) < 4.78 is 18.8. The predicted molar refractivity (Wildman–Crippen MR) is 76.2 cm³/mol. The fraction of sp³-hybridized carbons (Fsp3) is 0.500. The number of benzene rings is 1. The number of halogens is 1. The van der Waals surface area contributed by atoms with E-state index in [1.54, 1.807) is 0 Å². The fourth-order valence-corrected chi connectivity index (χ4v) is 2.52. The summed E-state index contributed by atoms with van der Waals surface area (Å²) in [5.74, 6) is -0.869. The first-order valence-electron chi connectivity index (χ1n) is 7.31. The topological polar surface area (TPSA) is 62.1 Å². The van der Waals surface area contributed by atoms with Gasteiger partial charge < -0.3 is 10.1 Å². The Kier molecular flexibility index (Phi) is 5.56. The molecule has 21 heavy (non-hydrogen) atoms. The van der Waals surface area contributed by atoms with E-state index in [9.17, 15) is 9.18 Å². The zero-order valence-electron chi connectivity index (χ0n) is 11.9. The molecule has 1 amide bonds. The number of amides is 1. The van der Waals surface area contributed by atoms with Crippen molar-refractivity contribution in [2.75, 3.05) is 6.61 Å². The molecule has 112 valence electrons. The second-order valence-electron chi connectivity index (χ2n) is 5.30. The molecule has 0 aromatic heterocycles. The average molecular weight is 290 g/mol. The highest BCUT2D eigenvalue weighted by atomic mass is 19.1. The van der Waals surface area contributed by atoms with Crippen molar-refractivity contribution < 1.29 is 13.9 Å². The van der Waals surface area contributed by atoms with E-state index in [4.69, 9.17) is 10.00 Å². The molecule has 1 aliphatic carbocycles. The number of ether oxygens (including phenoxy) is 1. The van der Waals surface area contributed by atoms with Crippen LogP contribution in [-0.2, 0) is 4.79 Å². The minimum absolute atomic E-state index is 0.00924. The normalized spacial score (nSPS) is 15.8. The molecule has 0 unspecified atom stereocenters. The second-order valence-corrected chi connectivity index (χ2v) is 5.30. The van der Waals surface area contributed by atoms with E-state index >= 15 is 0 Å². The van der Waals surface area contributed by atoms with Gasteiger partial charge in [0.1, 0.15) is 0 Å². The molecule has 1 aromatic carbocycles. The van der Waals surface area contributed by atoms with E-state index in [1.165, 1.54) is 25.0 Å². The van der Waals surface area contributed by atoms with Gasteiger partial charge >= 0.3 is 0 Å². The third kappa shape index (κ3) is 4.75. The third-order valence-corrected chi connectivity index (χ3v) is 3.64. The first-order chi connectivity index (χ1) is 10.2. The van der Waals surface area contributed by atoms with Gasteiger partial charge in [0.05, 0.1) is 11.6 Å². The van der Waals surface area contributed by atoms with E-state index in [-0.39, 0.29) is 29.9 Å². The van der Waals surface area contributed by atoms with Gasteiger partial charge in [-0.1, -0.05) is 25.7 Å². The van der Waals surface area contributed by atoms with E-state index < -0.39 is 5.82 Å². The number of rotatable bonds is 4. The number of nitrogens with one attached hydrogen (secondary N) is 1. The summed E-state index contributed by atoms with van der Waals surface area (Å²) >= 11 is 0. The van der Waals surface area contributed by atoms with Crippen LogP contribution >= 0.6 is 0 Å². The second kappa shape index (κ2) is 7.63. The number of nitrogens with zero attached hydrogens (tertiary/aromatic N) is 1. The van der Waals surface area contributed by atoms with Crippen LogP contribution in [-0.4, -0.2) is 18.6 Å². The van der Waals surface area contributed by atoms with Gasteiger partial charge in [-0.05, 0) is 31.0 Å². The highest BCUT2D eigenvalue weighted by Gasteiger charge is 2.15. The van der Waals surface area contributed by atoms with Gasteiger partial charge in [0, 0.05) is 6.04 Å². The molecule has 0 atom stereocenters. The first kappa shape index (κ1) is 15.3. The van der Waals surface area contributed by atoms with Crippen LogP contribution in [0.3, 0.4) is 0 Å². The van der Waals surface area contributed by atoms with Crippen LogP contribution in [0.15, 0.2) is 18.2 Å². The number of carbonyl (C=O) groups excluding carboxylic acids is 1. The molecule has 1 aromatic rings. The van der Waals surface area contributed by atoms with Crippen LogP contribution in [0.2, 0.25) is 0 Å². The van der Waals surface area contributed by atoms with Crippen molar-refractivity contribution in [1.82, 2.24) is 5.32 Å². The lowest BCUT2D eigenvalue weighted by Gasteiger charge is -2.16. The molecule has 2 rings (SSSR count). The van der Waals surface area contributed by atoms with Gasteiger partial charge in [-0.25, -0.2) is 4.39 Å². The van der Waals surface area contributed by atoms with E-state index in [2.05, 4.69) is 5.32 Å². The molecular formula is C16H19FN2O2. The van der Waals surface area contributed by atoms with Crippen LogP contribution in [0.1, 0.15) is 44.1 Å². The smallest absolute Gasteiger partial charge is 0.258 e. The maximum atomic E-state index is 13.6. The number of nitriles is 1. The predicted octanol–water partition coefficient (Wildman–Crippen LogP) is 2.92. The summed E-state index contributed by atoms with van der Waals surface area (Å²) in [7, 11) is 0. The highest BCUT2D eigenvalue weighted by molar-refractivity contribution is 5.77. The van der Waals surface area contributed by atoms with Crippen LogP contribution in [0.5, 0.6) is 5.75 Å². The van der Waals surface area contributed by atoms with Gasteiger partial charge in [0.15, 0.2) is 18.2 Å². The average Bonchev–Trinajstić information content (AvgIpc) is 2.74. The fourth-order valence-electron chi connectivity index (χ4n) is 2.52. The number of carbonyl (C=O) groups is 1. The molecular weight excluding hydrogens is 271 g/mol. The van der Waals surface area contributed by atoms with Crippen molar-refractivity contribution in [3.63, 3.8) is 0 Å². The molecule has 0 heterocycles. The maximum Gasteiger partial charge on any atom is 0.258 e. The summed E-state index contributed by atoms with van der Waals surface area (Å²) in [4.78, 5) is 11.8. The number of hydrogen-bond acceptors (Lipinski definition) is 3. The molecule has 5 heteroatoms. The van der Waals surface area contributed by atoms with Gasteiger partial charge in [-0.2, -0.15) is 5.26 Å². The Balaban J connectivity index is 1.82. The van der Waals surface area contributed by atoms with Crippen molar-refractivity contribution >= 4 is 5.91 Å². The number of hydrogen-bond donors (Lipinski definition) is 1. The molecule has 1 aliphatic rings. The minimum atomic E-state index is -0.628. The molecule has 0 saturated heterocycles. The summed E-state index contributed by atoms with van der Waals surface area (Å²) in [6.45, 7) is -0.209. The van der Waals surface area contributed by atoms with Crippen LogP contribution in [0.25, 0.3) is 0 Å². The van der Waals surface area contributed by atoms with Gasteiger partial charge in [0.25, 0.3) is 5.91 Å². The van der Waals surface area contributed by atoms with Crippen LogP contribution in [0, 0.1) is 17.1 Å². The monoisotopic (exact) mass is 290 g/mol. The van der Waals surface area contributed by atoms with Crippen molar-refractivity contribution in [2.45, 2.75) is 44.6 Å². The molecule has 4 nitrogen and oxygen atoms in total. The SMILES string of the molecule is N#Cc1ccc(OCC(=O)NC2CCCCCC2)c(F)c1. The van der Waals surface area contributed by atoms with Crippen LogP contribution < -0.4 is 10.1 Å². The summed E-state index contributed by atoms with van der Waals surface area (Å²) in [5.41, 5.74) is 0.225. The lowest BCUT2D eigenvalue weighted by Crippen LogP contribution is -2.37. The quantitative estimate of drug-likeness (QED) is 0.867. The Hall–Kier alpha value is -2.09. The minimum Gasteiger partial charge on any atom is -0.481 e. The first-order valence-corrected chi connectivity index (χ1v) is 7.31. The molecule has 0 radical (unpaired) electrons. The van der Waals surface area contributed by atoms with Gasteiger partial charge in [-0.15, -0.1) is 0 Å². The lowest BCUT2D eigenvalue weighted by atomic mass is 10.1. The summed E-state index contributed by atoms with van der Waals surface area (Å²) in [6.07, 6.45) is 6.71. The molecule has 1 N–H and O–H groups in total. The van der Waals surface area contributed by atoms with E-state index in [0.29, 0.717) is 0 Å². The molecule has 0 spiro atoms. The van der Waals surface area contributed by atoms with Crippen molar-refractivity contribution in [1.29, 1.82) is 5.26 Å². The zero-order chi connectivity index (χ0) is 15.1. The van der Waals surface area contributed by atoms with Crippen molar-refractivity contribution in [3.05, 3.63) is 29.6 Å². The highest BCUT2D eigenvalue weighted by Crippen LogP contribution is 2.19. The summed E-state index contributed by atoms with van der Waals surface area (Å²) in [5, 5.41) is 11.6. The van der Waals surface area contributed by atoms with Crippen molar-refractivity contribution in [3.8, 4) is 11.8 Å². The lowest BCUT2D eigenvalue weighted by molar-refractivity contribution is -0.123. The van der Waals surface area contributed by atoms with E-state index in [0.717, 1.165) is 31.7 Å². The molecule has 0 bridgehead atoms. The van der Waals surface area contributed by atoms with Crippen molar-refractivity contribution in [2.24, 2.45) is 0 Å². The maximum absolute atomic E-state index is 13.6.